The van der Waals surface area contributed by atoms with Gasteiger partial charge in [-0.3, -0.25) is 4.79 Å². The molecule has 1 fully saturated rings. The highest BCUT2D eigenvalue weighted by Gasteiger charge is 2.28. The second-order valence-corrected chi connectivity index (χ2v) is 6.09. The van der Waals surface area contributed by atoms with Crippen LogP contribution in [0.1, 0.15) is 22.5 Å². The third-order valence-electron chi connectivity index (χ3n) is 4.54. The van der Waals surface area contributed by atoms with Crippen LogP contribution in [0.4, 0.5) is 0 Å². The summed E-state index contributed by atoms with van der Waals surface area (Å²) in [5, 5.41) is 13.2. The topological polar surface area (TPSA) is 75.8 Å². The lowest BCUT2D eigenvalue weighted by atomic mass is 10.1. The molecule has 0 radical (unpaired) electrons. The zero-order chi connectivity index (χ0) is 15.8. The molecular formula is C17H18N2O4. The summed E-state index contributed by atoms with van der Waals surface area (Å²) < 4.78 is 10.7. The van der Waals surface area contributed by atoms with Crippen molar-refractivity contribution < 1.29 is 19.2 Å². The first-order valence-electron chi connectivity index (χ1n) is 7.87. The Kier molecular flexibility index (Phi) is 3.53. The van der Waals surface area contributed by atoms with Gasteiger partial charge in [0.25, 0.3) is 5.91 Å². The normalized spacial score (nSPS) is 19.7. The van der Waals surface area contributed by atoms with Crippen molar-refractivity contribution in [2.24, 2.45) is 5.92 Å². The van der Waals surface area contributed by atoms with E-state index in [1.807, 2.05) is 18.2 Å². The molecule has 120 valence electrons. The standard InChI is InChI=1S/C17H18N2O4/c20-10-11-3-5-19(9-11)17(21)16-8-14(18-23-16)12-1-2-15-13(7-12)4-6-22-15/h1-2,7-8,11,20H,3-6,9-10H2. The molecule has 3 heterocycles. The van der Waals surface area contributed by atoms with Crippen molar-refractivity contribution in [1.82, 2.24) is 10.1 Å². The first-order chi connectivity index (χ1) is 11.2. The average Bonchev–Trinajstić information content (AvgIpc) is 3.32. The molecule has 6 nitrogen and oxygen atoms in total. The minimum Gasteiger partial charge on any atom is -0.493 e. The first-order valence-corrected chi connectivity index (χ1v) is 7.87. The number of rotatable bonds is 3. The van der Waals surface area contributed by atoms with Crippen LogP contribution in [0.3, 0.4) is 0 Å². The Morgan fingerprint density at radius 3 is 3.13 bits per heavy atom. The van der Waals surface area contributed by atoms with Crippen LogP contribution in [-0.4, -0.2) is 47.4 Å². The van der Waals surface area contributed by atoms with Crippen LogP contribution in [0.5, 0.6) is 5.75 Å². The van der Waals surface area contributed by atoms with Gasteiger partial charge in [0.1, 0.15) is 11.4 Å². The van der Waals surface area contributed by atoms with Gasteiger partial charge in [-0.15, -0.1) is 0 Å². The quantitative estimate of drug-likeness (QED) is 0.934. The molecule has 4 rings (SSSR count). The average molecular weight is 314 g/mol. The number of aliphatic hydroxyl groups is 1. The van der Waals surface area contributed by atoms with E-state index in [2.05, 4.69) is 5.16 Å². The Hall–Kier alpha value is -2.34. The third-order valence-corrected chi connectivity index (χ3v) is 4.54. The van der Waals surface area contributed by atoms with Crippen LogP contribution in [-0.2, 0) is 6.42 Å². The molecule has 6 heteroatoms. The molecule has 23 heavy (non-hydrogen) atoms. The van der Waals surface area contributed by atoms with E-state index in [4.69, 9.17) is 9.26 Å². The molecule has 2 aliphatic heterocycles. The Morgan fingerprint density at radius 1 is 1.39 bits per heavy atom. The van der Waals surface area contributed by atoms with Crippen molar-refractivity contribution in [2.75, 3.05) is 26.3 Å². The highest BCUT2D eigenvalue weighted by atomic mass is 16.5. The van der Waals surface area contributed by atoms with E-state index in [1.54, 1.807) is 11.0 Å². The monoisotopic (exact) mass is 314 g/mol. The Bertz CT molecular complexity index is 740. The summed E-state index contributed by atoms with van der Waals surface area (Å²) in [5.74, 6) is 1.17. The zero-order valence-electron chi connectivity index (χ0n) is 12.7. The number of benzene rings is 1. The van der Waals surface area contributed by atoms with Crippen LogP contribution in [0.2, 0.25) is 0 Å². The summed E-state index contributed by atoms with van der Waals surface area (Å²) in [6.45, 7) is 2.04. The molecule has 1 aromatic carbocycles. The van der Waals surface area contributed by atoms with E-state index in [1.165, 1.54) is 0 Å². The fourth-order valence-corrected chi connectivity index (χ4v) is 3.18. The third kappa shape index (κ3) is 2.59. The van der Waals surface area contributed by atoms with Crippen molar-refractivity contribution in [1.29, 1.82) is 0 Å². The van der Waals surface area contributed by atoms with Gasteiger partial charge in [-0.25, -0.2) is 0 Å². The largest absolute Gasteiger partial charge is 0.493 e. The maximum absolute atomic E-state index is 12.4. The van der Waals surface area contributed by atoms with E-state index >= 15 is 0 Å². The van der Waals surface area contributed by atoms with Crippen molar-refractivity contribution in [3.8, 4) is 17.0 Å². The summed E-state index contributed by atoms with van der Waals surface area (Å²) >= 11 is 0. The molecule has 0 aliphatic carbocycles. The first kappa shape index (κ1) is 14.3. The van der Waals surface area contributed by atoms with E-state index in [0.29, 0.717) is 25.4 Å². The number of ether oxygens (including phenoxy) is 1. The molecule has 0 bridgehead atoms. The predicted octanol–water partition coefficient (Wildman–Crippen LogP) is 1.73. The molecule has 1 N–H and O–H groups in total. The number of likely N-dealkylation sites (tertiary alicyclic amines) is 1. The lowest BCUT2D eigenvalue weighted by molar-refractivity contribution is 0.0740. The van der Waals surface area contributed by atoms with E-state index < -0.39 is 0 Å². The number of aromatic nitrogens is 1. The highest BCUT2D eigenvalue weighted by molar-refractivity contribution is 5.92. The molecule has 0 saturated carbocycles. The summed E-state index contributed by atoms with van der Waals surface area (Å²) in [7, 11) is 0. The fraction of sp³-hybridized carbons (Fsp3) is 0.412. The SMILES string of the molecule is O=C(c1cc(-c2ccc3c(c2)CCO3)no1)N1CCC(CO)C1. The van der Waals surface area contributed by atoms with Gasteiger partial charge < -0.3 is 19.3 Å². The molecule has 2 aromatic rings. The summed E-state index contributed by atoms with van der Waals surface area (Å²) in [4.78, 5) is 14.1. The van der Waals surface area contributed by atoms with Crippen molar-refractivity contribution in [3.63, 3.8) is 0 Å². The molecule has 1 unspecified atom stereocenters. The second kappa shape index (κ2) is 5.70. The second-order valence-electron chi connectivity index (χ2n) is 6.09. The minimum atomic E-state index is -0.163. The smallest absolute Gasteiger partial charge is 0.292 e. The van der Waals surface area contributed by atoms with Crippen LogP contribution in [0.15, 0.2) is 28.8 Å². The molecule has 1 aromatic heterocycles. The van der Waals surface area contributed by atoms with Crippen molar-refractivity contribution in [2.45, 2.75) is 12.8 Å². The Balaban J connectivity index is 1.54. The van der Waals surface area contributed by atoms with Crippen molar-refractivity contribution >= 4 is 5.91 Å². The lowest BCUT2D eigenvalue weighted by Crippen LogP contribution is -2.28. The van der Waals surface area contributed by atoms with Gasteiger partial charge in [0.05, 0.1) is 6.61 Å². The Labute approximate surface area is 133 Å². The van der Waals surface area contributed by atoms with Gasteiger partial charge >= 0.3 is 0 Å². The van der Waals surface area contributed by atoms with Crippen LogP contribution in [0.25, 0.3) is 11.3 Å². The maximum Gasteiger partial charge on any atom is 0.292 e. The number of aliphatic hydroxyl groups excluding tert-OH is 1. The highest BCUT2D eigenvalue weighted by Crippen LogP contribution is 2.30. The number of carbonyl (C=O) groups is 1. The predicted molar refractivity (Wildman–Crippen MR) is 82.2 cm³/mol. The number of hydrogen-bond acceptors (Lipinski definition) is 5. The lowest BCUT2D eigenvalue weighted by Gasteiger charge is -2.13. The van der Waals surface area contributed by atoms with Crippen LogP contribution >= 0.6 is 0 Å². The minimum absolute atomic E-state index is 0.114. The van der Waals surface area contributed by atoms with Gasteiger partial charge in [-0.2, -0.15) is 0 Å². The summed E-state index contributed by atoms with van der Waals surface area (Å²) in [6.07, 6.45) is 1.72. The number of amides is 1. The summed E-state index contributed by atoms with van der Waals surface area (Å²) in [5.41, 5.74) is 2.73. The van der Waals surface area contributed by atoms with Gasteiger partial charge in [-0.1, -0.05) is 5.16 Å². The molecule has 0 spiro atoms. The van der Waals surface area contributed by atoms with Crippen LogP contribution in [0, 0.1) is 5.92 Å². The number of fused-ring (bicyclic) bond motifs is 1. The molecular weight excluding hydrogens is 296 g/mol. The molecule has 2 aliphatic rings. The molecule has 1 amide bonds. The van der Waals surface area contributed by atoms with Gasteiger partial charge in [0, 0.05) is 43.7 Å². The number of nitrogens with zero attached hydrogens (tertiary/aromatic N) is 2. The Morgan fingerprint density at radius 2 is 2.30 bits per heavy atom. The van der Waals surface area contributed by atoms with Gasteiger partial charge in [0.2, 0.25) is 5.76 Å². The van der Waals surface area contributed by atoms with Crippen LogP contribution < -0.4 is 4.74 Å². The number of carbonyl (C=O) groups excluding carboxylic acids is 1. The van der Waals surface area contributed by atoms with E-state index in [-0.39, 0.29) is 24.2 Å². The molecule has 1 saturated heterocycles. The summed E-state index contributed by atoms with van der Waals surface area (Å²) in [6, 6.07) is 7.58. The van der Waals surface area contributed by atoms with Crippen molar-refractivity contribution in [3.05, 3.63) is 35.6 Å². The van der Waals surface area contributed by atoms with E-state index in [0.717, 1.165) is 29.7 Å². The fourth-order valence-electron chi connectivity index (χ4n) is 3.18. The van der Waals surface area contributed by atoms with Gasteiger partial charge in [-0.05, 0) is 30.2 Å². The van der Waals surface area contributed by atoms with Gasteiger partial charge in [0.15, 0.2) is 0 Å². The maximum atomic E-state index is 12.4. The van der Waals surface area contributed by atoms with E-state index in [9.17, 15) is 9.90 Å². The number of hydrogen-bond donors (Lipinski definition) is 1. The zero-order valence-corrected chi connectivity index (χ0v) is 12.7. The molecule has 1 atom stereocenters.